The molecule has 2 aromatic carbocycles. The molecule has 0 saturated carbocycles. The molecule has 0 radical (unpaired) electrons. The maximum absolute atomic E-state index is 13.7. The smallest absolute Gasteiger partial charge is 0.223 e. The van der Waals surface area contributed by atoms with Crippen molar-refractivity contribution in [2.45, 2.75) is 39.4 Å². The third-order valence-corrected chi connectivity index (χ3v) is 4.81. The molecule has 2 N–H and O–H groups in total. The fourth-order valence-corrected chi connectivity index (χ4v) is 3.28. The predicted octanol–water partition coefficient (Wildman–Crippen LogP) is 3.96. The molecule has 0 bridgehead atoms. The van der Waals surface area contributed by atoms with Gasteiger partial charge in [-0.2, -0.15) is 0 Å². The van der Waals surface area contributed by atoms with Crippen LogP contribution in [0.15, 0.2) is 47.5 Å². The lowest BCUT2D eigenvalue weighted by Gasteiger charge is -2.16. The zero-order chi connectivity index (χ0) is 20.6. The highest BCUT2D eigenvalue weighted by Gasteiger charge is 2.22. The lowest BCUT2D eigenvalue weighted by atomic mass is 10.1. The van der Waals surface area contributed by atoms with Gasteiger partial charge in [0, 0.05) is 38.2 Å². The summed E-state index contributed by atoms with van der Waals surface area (Å²) in [7, 11) is 0. The van der Waals surface area contributed by atoms with Crippen LogP contribution in [0.2, 0.25) is 0 Å². The number of hydrogen-bond acceptors (Lipinski definition) is 2. The Morgan fingerprint density at radius 1 is 1.10 bits per heavy atom. The molecule has 0 aliphatic carbocycles. The molecule has 162 valence electrons. The summed E-state index contributed by atoms with van der Waals surface area (Å²) < 4.78 is 27.0. The predicted molar refractivity (Wildman–Crippen MR) is 125 cm³/mol. The minimum Gasteiger partial charge on any atom is -0.357 e. The van der Waals surface area contributed by atoms with Crippen LogP contribution in [-0.4, -0.2) is 29.9 Å². The zero-order valence-electron chi connectivity index (χ0n) is 17.0. The maximum Gasteiger partial charge on any atom is 0.223 e. The zero-order valence-corrected chi connectivity index (χ0v) is 19.3. The van der Waals surface area contributed by atoms with Gasteiger partial charge in [0.25, 0.3) is 0 Å². The number of amides is 1. The number of nitrogens with zero attached hydrogens (tertiary/aromatic N) is 2. The Morgan fingerprint density at radius 3 is 2.47 bits per heavy atom. The number of nitrogens with one attached hydrogen (secondary N) is 2. The first-order valence-corrected chi connectivity index (χ1v) is 9.87. The van der Waals surface area contributed by atoms with E-state index >= 15 is 0 Å². The van der Waals surface area contributed by atoms with Crippen molar-refractivity contribution in [1.29, 1.82) is 0 Å². The molecular weight excluding hydrogens is 501 g/mol. The second-order valence-electron chi connectivity index (χ2n) is 6.98. The minimum atomic E-state index is -0.489. The molecule has 1 aliphatic rings. The van der Waals surface area contributed by atoms with Gasteiger partial charge >= 0.3 is 0 Å². The highest BCUT2D eigenvalue weighted by atomic mass is 127. The molecular formula is C22H27F2IN4O. The fraction of sp³-hybridized carbons (Fsp3) is 0.364. The van der Waals surface area contributed by atoms with E-state index < -0.39 is 11.6 Å². The summed E-state index contributed by atoms with van der Waals surface area (Å²) in [5.41, 5.74) is 2.63. The van der Waals surface area contributed by atoms with Crippen molar-refractivity contribution < 1.29 is 13.6 Å². The number of carbonyl (C=O) groups is 1. The Morgan fingerprint density at radius 2 is 1.80 bits per heavy atom. The van der Waals surface area contributed by atoms with Gasteiger partial charge in [0.05, 0.1) is 6.54 Å². The number of halogens is 3. The minimum absolute atomic E-state index is 0. The molecule has 0 fully saturated rings. The lowest BCUT2D eigenvalue weighted by molar-refractivity contribution is -0.131. The number of carbonyl (C=O) groups excluding carboxylic acids is 1. The Hall–Kier alpha value is -2.23. The molecule has 0 saturated heterocycles. The number of rotatable bonds is 7. The first-order chi connectivity index (χ1) is 14.1. The number of hydrogen-bond donors (Lipinski definition) is 2. The van der Waals surface area contributed by atoms with Crippen LogP contribution in [0.4, 0.5) is 8.78 Å². The summed E-state index contributed by atoms with van der Waals surface area (Å²) in [4.78, 5) is 18.6. The summed E-state index contributed by atoms with van der Waals surface area (Å²) in [5.74, 6) is -0.329. The van der Waals surface area contributed by atoms with E-state index in [0.717, 1.165) is 18.2 Å². The Kier molecular flexibility index (Phi) is 9.48. The molecule has 0 atom stereocenters. The molecule has 1 aliphatic heterocycles. The monoisotopic (exact) mass is 528 g/mol. The van der Waals surface area contributed by atoms with E-state index in [1.54, 1.807) is 0 Å². The van der Waals surface area contributed by atoms with Crippen molar-refractivity contribution in [3.05, 3.63) is 70.8 Å². The van der Waals surface area contributed by atoms with Gasteiger partial charge in [-0.25, -0.2) is 13.8 Å². The van der Waals surface area contributed by atoms with E-state index in [-0.39, 0.29) is 42.0 Å². The van der Waals surface area contributed by atoms with Crippen molar-refractivity contribution in [2.75, 3.05) is 13.1 Å². The average Bonchev–Trinajstić information content (AvgIpc) is 3.15. The molecule has 1 heterocycles. The molecule has 2 aromatic rings. The third kappa shape index (κ3) is 6.65. The van der Waals surface area contributed by atoms with Crippen LogP contribution < -0.4 is 10.6 Å². The average molecular weight is 528 g/mol. The molecule has 3 rings (SSSR count). The second-order valence-corrected chi connectivity index (χ2v) is 6.98. The van der Waals surface area contributed by atoms with Gasteiger partial charge in [-0.05, 0) is 42.7 Å². The normalized spacial score (nSPS) is 12.9. The van der Waals surface area contributed by atoms with E-state index in [1.807, 2.05) is 24.0 Å². The lowest BCUT2D eigenvalue weighted by Crippen LogP contribution is -2.38. The van der Waals surface area contributed by atoms with Crippen LogP contribution in [-0.2, 0) is 24.4 Å². The van der Waals surface area contributed by atoms with Crippen LogP contribution >= 0.6 is 24.0 Å². The van der Waals surface area contributed by atoms with Gasteiger partial charge in [0.15, 0.2) is 5.96 Å². The summed E-state index contributed by atoms with van der Waals surface area (Å²) >= 11 is 0. The van der Waals surface area contributed by atoms with Crippen molar-refractivity contribution >= 4 is 35.8 Å². The number of guanidine groups is 1. The van der Waals surface area contributed by atoms with Crippen molar-refractivity contribution in [2.24, 2.45) is 4.99 Å². The molecule has 8 heteroatoms. The van der Waals surface area contributed by atoms with E-state index in [1.165, 1.54) is 11.1 Å². The quantitative estimate of drug-likeness (QED) is 0.248. The first kappa shape index (κ1) is 24.0. The summed E-state index contributed by atoms with van der Waals surface area (Å²) in [5, 5.41) is 6.21. The maximum atomic E-state index is 13.7. The third-order valence-electron chi connectivity index (χ3n) is 4.81. The molecule has 5 nitrogen and oxygen atoms in total. The van der Waals surface area contributed by atoms with E-state index in [9.17, 15) is 13.6 Å². The number of aliphatic imine (C=N–C) groups is 1. The summed E-state index contributed by atoms with van der Waals surface area (Å²) in [6.45, 7) is 4.50. The highest BCUT2D eigenvalue weighted by Crippen LogP contribution is 2.22. The standard InChI is InChI=1S/C22H26F2N4O.HI/c1-2-25-22(27-13-18-12-19(23)9-10-20(18)24)26-11-5-8-21(29)28-14-16-6-3-4-7-17(16)15-28;/h3-4,6-7,9-10,12H,2,5,8,11,13-15H2,1H3,(H2,25,26,27);1H. The first-order valence-electron chi connectivity index (χ1n) is 9.87. The van der Waals surface area contributed by atoms with Gasteiger partial charge in [-0.15, -0.1) is 24.0 Å². The van der Waals surface area contributed by atoms with E-state index in [0.29, 0.717) is 45.0 Å². The highest BCUT2D eigenvalue weighted by molar-refractivity contribution is 14.0. The molecule has 0 unspecified atom stereocenters. The largest absolute Gasteiger partial charge is 0.357 e. The fourth-order valence-electron chi connectivity index (χ4n) is 3.28. The van der Waals surface area contributed by atoms with Gasteiger partial charge in [0.2, 0.25) is 5.91 Å². The van der Waals surface area contributed by atoms with Gasteiger partial charge in [-0.3, -0.25) is 4.79 Å². The molecule has 1 amide bonds. The second kappa shape index (κ2) is 11.8. The van der Waals surface area contributed by atoms with Gasteiger partial charge < -0.3 is 15.5 Å². The van der Waals surface area contributed by atoms with E-state index in [2.05, 4.69) is 27.8 Å². The van der Waals surface area contributed by atoms with Crippen LogP contribution in [0.1, 0.15) is 36.5 Å². The van der Waals surface area contributed by atoms with Crippen LogP contribution in [0.5, 0.6) is 0 Å². The Labute approximate surface area is 193 Å². The van der Waals surface area contributed by atoms with Crippen molar-refractivity contribution in [3.63, 3.8) is 0 Å². The van der Waals surface area contributed by atoms with Crippen molar-refractivity contribution in [3.8, 4) is 0 Å². The van der Waals surface area contributed by atoms with Crippen LogP contribution in [0, 0.1) is 11.6 Å². The van der Waals surface area contributed by atoms with Crippen LogP contribution in [0.3, 0.4) is 0 Å². The number of fused-ring (bicyclic) bond motifs is 1. The Bertz CT molecular complexity index is 866. The molecule has 0 spiro atoms. The topological polar surface area (TPSA) is 56.7 Å². The molecule has 30 heavy (non-hydrogen) atoms. The SMILES string of the molecule is CCNC(=NCc1cc(F)ccc1F)NCCCC(=O)N1Cc2ccccc2C1.I. The van der Waals surface area contributed by atoms with Crippen molar-refractivity contribution in [1.82, 2.24) is 15.5 Å². The summed E-state index contributed by atoms with van der Waals surface area (Å²) in [6.07, 6.45) is 1.10. The number of benzene rings is 2. The summed E-state index contributed by atoms with van der Waals surface area (Å²) in [6, 6.07) is 11.4. The van der Waals surface area contributed by atoms with Crippen LogP contribution in [0.25, 0.3) is 0 Å². The van der Waals surface area contributed by atoms with Gasteiger partial charge in [-0.1, -0.05) is 24.3 Å². The molecule has 0 aromatic heterocycles. The van der Waals surface area contributed by atoms with E-state index in [4.69, 9.17) is 0 Å². The Balaban J connectivity index is 0.00000320. The van der Waals surface area contributed by atoms with Gasteiger partial charge in [0.1, 0.15) is 11.6 Å².